The molecule has 1 aromatic heterocycles. The summed E-state index contributed by atoms with van der Waals surface area (Å²) in [5, 5.41) is 12.7. The quantitative estimate of drug-likeness (QED) is 0.347. The number of carboxylic acid groups (broad SMARTS) is 1. The Morgan fingerprint density at radius 1 is 0.925 bits per heavy atom. The summed E-state index contributed by atoms with van der Waals surface area (Å²) < 4.78 is 0. The smallest absolute Gasteiger partial charge is 0.335 e. The van der Waals surface area contributed by atoms with E-state index in [1.807, 2.05) is 41.3 Å². The lowest BCUT2D eigenvalue weighted by molar-refractivity contribution is -0.122. The van der Waals surface area contributed by atoms with Crippen molar-refractivity contribution in [1.29, 1.82) is 0 Å². The molecular formula is C33H29N3O4. The molecule has 6 rings (SSSR count). The molecular weight excluding hydrogens is 502 g/mol. The zero-order valence-electron chi connectivity index (χ0n) is 21.9. The second-order valence-electron chi connectivity index (χ2n) is 10.4. The van der Waals surface area contributed by atoms with Crippen LogP contribution in [-0.2, 0) is 24.3 Å². The lowest BCUT2D eigenvalue weighted by Crippen LogP contribution is -2.37. The predicted octanol–water partition coefficient (Wildman–Crippen LogP) is 5.07. The Hall–Kier alpha value is -4.78. The summed E-state index contributed by atoms with van der Waals surface area (Å²) in [5.41, 5.74) is 6.77. The number of hydrogen-bond acceptors (Lipinski definition) is 4. The molecule has 2 aliphatic rings. The maximum atomic E-state index is 13.3. The summed E-state index contributed by atoms with van der Waals surface area (Å²) in [6.45, 7) is 1.29. The first-order valence-corrected chi connectivity index (χ1v) is 13.5. The molecule has 0 bridgehead atoms. The Bertz CT molecular complexity index is 1590. The molecule has 4 aromatic rings. The van der Waals surface area contributed by atoms with E-state index in [2.05, 4.69) is 22.4 Å². The van der Waals surface area contributed by atoms with Crippen LogP contribution in [0.3, 0.4) is 0 Å². The highest BCUT2D eigenvalue weighted by molar-refractivity contribution is 5.94. The molecule has 40 heavy (non-hydrogen) atoms. The molecule has 3 aromatic carbocycles. The van der Waals surface area contributed by atoms with Crippen molar-refractivity contribution < 1.29 is 19.5 Å². The van der Waals surface area contributed by atoms with Crippen molar-refractivity contribution >= 4 is 17.8 Å². The van der Waals surface area contributed by atoms with Gasteiger partial charge in [-0.3, -0.25) is 14.6 Å². The average molecular weight is 532 g/mol. The first-order valence-electron chi connectivity index (χ1n) is 13.5. The fraction of sp³-hybridized carbons (Fsp3) is 0.212. The number of benzene rings is 3. The van der Waals surface area contributed by atoms with Crippen molar-refractivity contribution in [2.45, 2.75) is 31.8 Å². The molecule has 2 N–H and O–H groups in total. The number of nitrogens with one attached hydrogen (secondary N) is 1. The standard InChI is InChI=1S/C33H29N3O4/c37-31(29-17-28(29)21-6-2-1-3-7-21)35-19-24-11-12-26(22-8-4-9-23(16-22)33(39)40)27-13-15-36(20-30(24)27)32(38)25-10-5-14-34-18-25/h1-12,14,16,18,28-29H,13,15,17,19-20H2,(H,35,37)(H,39,40)/t28-,29+/m1/s1. The van der Waals surface area contributed by atoms with Gasteiger partial charge in [0, 0.05) is 37.9 Å². The average Bonchev–Trinajstić information content (AvgIpc) is 3.81. The molecule has 2 amide bonds. The number of fused-ring (bicyclic) bond motifs is 1. The molecule has 7 nitrogen and oxygen atoms in total. The predicted molar refractivity (Wildman–Crippen MR) is 151 cm³/mol. The third kappa shape index (κ3) is 5.10. The van der Waals surface area contributed by atoms with Crippen molar-refractivity contribution in [1.82, 2.24) is 15.2 Å². The molecule has 1 saturated carbocycles. The van der Waals surface area contributed by atoms with Crippen molar-refractivity contribution in [2.75, 3.05) is 6.54 Å². The molecule has 0 saturated heterocycles. The number of carboxylic acids is 1. The minimum Gasteiger partial charge on any atom is -0.478 e. The van der Waals surface area contributed by atoms with Crippen molar-refractivity contribution in [3.63, 3.8) is 0 Å². The normalized spacial score (nSPS) is 17.6. The van der Waals surface area contributed by atoms with Gasteiger partial charge in [-0.05, 0) is 76.4 Å². The number of pyridine rings is 1. The van der Waals surface area contributed by atoms with Gasteiger partial charge in [-0.15, -0.1) is 0 Å². The van der Waals surface area contributed by atoms with Gasteiger partial charge in [0.1, 0.15) is 0 Å². The number of amides is 2. The van der Waals surface area contributed by atoms with Crippen molar-refractivity contribution in [3.8, 4) is 11.1 Å². The van der Waals surface area contributed by atoms with E-state index in [1.54, 1.807) is 42.7 Å². The fourth-order valence-electron chi connectivity index (χ4n) is 5.71. The Morgan fingerprint density at radius 3 is 2.52 bits per heavy atom. The largest absolute Gasteiger partial charge is 0.478 e. The first kappa shape index (κ1) is 25.5. The Labute approximate surface area is 232 Å². The number of aromatic carboxylic acids is 1. The molecule has 0 spiro atoms. The Balaban J connectivity index is 1.28. The topological polar surface area (TPSA) is 99.6 Å². The molecule has 1 fully saturated rings. The third-order valence-electron chi connectivity index (χ3n) is 7.93. The van der Waals surface area contributed by atoms with Crippen LogP contribution in [0.1, 0.15) is 55.3 Å². The summed E-state index contributed by atoms with van der Waals surface area (Å²) >= 11 is 0. The van der Waals surface area contributed by atoms with Crippen LogP contribution in [0.5, 0.6) is 0 Å². The van der Waals surface area contributed by atoms with Gasteiger partial charge in [-0.1, -0.05) is 54.6 Å². The summed E-state index contributed by atoms with van der Waals surface area (Å²) in [6, 6.07) is 24.5. The SMILES string of the molecule is O=C(O)c1cccc(-c2ccc(CNC(=O)[C@H]3C[C@@H]3c3ccccc3)c3c2CCN(C(=O)c2cccnc2)C3)c1. The number of carbonyl (C=O) groups excluding carboxylic acids is 2. The maximum absolute atomic E-state index is 13.3. The summed E-state index contributed by atoms with van der Waals surface area (Å²) in [5.74, 6) is -0.792. The van der Waals surface area contributed by atoms with Crippen molar-refractivity contribution in [2.24, 2.45) is 5.92 Å². The molecule has 1 aliphatic heterocycles. The Kier molecular flexibility index (Phi) is 6.86. The van der Waals surface area contributed by atoms with Gasteiger partial charge in [0.2, 0.25) is 5.91 Å². The van der Waals surface area contributed by atoms with E-state index < -0.39 is 5.97 Å². The molecule has 200 valence electrons. The number of carbonyl (C=O) groups is 3. The van der Waals surface area contributed by atoms with Gasteiger partial charge < -0.3 is 15.3 Å². The molecule has 2 heterocycles. The minimum atomic E-state index is -0.975. The number of rotatable bonds is 7. The van der Waals surface area contributed by atoms with Crippen molar-refractivity contribution in [3.05, 3.63) is 125 Å². The minimum absolute atomic E-state index is 0.0279. The van der Waals surface area contributed by atoms with E-state index in [0.717, 1.165) is 34.2 Å². The van der Waals surface area contributed by atoms with E-state index in [4.69, 9.17) is 0 Å². The van der Waals surface area contributed by atoms with Gasteiger partial charge in [-0.2, -0.15) is 0 Å². The van der Waals surface area contributed by atoms with Gasteiger partial charge in [0.05, 0.1) is 11.1 Å². The second-order valence-corrected chi connectivity index (χ2v) is 10.4. The van der Waals surface area contributed by atoms with E-state index >= 15 is 0 Å². The number of nitrogens with zero attached hydrogens (tertiary/aromatic N) is 2. The van der Waals surface area contributed by atoms with Crippen LogP contribution in [0, 0.1) is 5.92 Å². The zero-order chi connectivity index (χ0) is 27.6. The summed E-state index contributed by atoms with van der Waals surface area (Å²) in [7, 11) is 0. The van der Waals surface area contributed by atoms with Crippen LogP contribution in [0.25, 0.3) is 11.1 Å². The van der Waals surface area contributed by atoms with Gasteiger partial charge in [0.15, 0.2) is 0 Å². The monoisotopic (exact) mass is 531 g/mol. The van der Waals surface area contributed by atoms with E-state index in [-0.39, 0.29) is 29.2 Å². The third-order valence-corrected chi connectivity index (χ3v) is 7.93. The number of hydrogen-bond donors (Lipinski definition) is 2. The van der Waals surface area contributed by atoms with Gasteiger partial charge in [0.25, 0.3) is 5.91 Å². The van der Waals surface area contributed by atoms with Crippen LogP contribution in [-0.4, -0.2) is 39.3 Å². The van der Waals surface area contributed by atoms with Crippen LogP contribution in [0.2, 0.25) is 0 Å². The van der Waals surface area contributed by atoms with Crippen LogP contribution in [0.15, 0.2) is 91.3 Å². The van der Waals surface area contributed by atoms with E-state index in [0.29, 0.717) is 31.6 Å². The Morgan fingerprint density at radius 2 is 1.75 bits per heavy atom. The van der Waals surface area contributed by atoms with Crippen LogP contribution in [0.4, 0.5) is 0 Å². The lowest BCUT2D eigenvalue weighted by atomic mass is 9.87. The molecule has 7 heteroatoms. The highest BCUT2D eigenvalue weighted by Crippen LogP contribution is 2.47. The number of aromatic nitrogens is 1. The lowest BCUT2D eigenvalue weighted by Gasteiger charge is -2.32. The van der Waals surface area contributed by atoms with Crippen LogP contribution < -0.4 is 5.32 Å². The second kappa shape index (κ2) is 10.8. The highest BCUT2D eigenvalue weighted by atomic mass is 16.4. The summed E-state index contributed by atoms with van der Waals surface area (Å²) in [4.78, 5) is 43.8. The van der Waals surface area contributed by atoms with E-state index in [9.17, 15) is 19.5 Å². The molecule has 2 atom stereocenters. The van der Waals surface area contributed by atoms with E-state index in [1.165, 1.54) is 5.56 Å². The van der Waals surface area contributed by atoms with Gasteiger partial charge >= 0.3 is 5.97 Å². The maximum Gasteiger partial charge on any atom is 0.335 e. The fourth-order valence-corrected chi connectivity index (χ4v) is 5.71. The molecule has 0 unspecified atom stereocenters. The highest BCUT2D eigenvalue weighted by Gasteiger charge is 2.43. The summed E-state index contributed by atoms with van der Waals surface area (Å²) in [6.07, 6.45) is 4.68. The molecule has 1 aliphatic carbocycles. The van der Waals surface area contributed by atoms with Crippen LogP contribution >= 0.6 is 0 Å². The first-order chi connectivity index (χ1) is 19.5. The van der Waals surface area contributed by atoms with Gasteiger partial charge in [-0.25, -0.2) is 4.79 Å². The molecule has 0 radical (unpaired) electrons. The zero-order valence-corrected chi connectivity index (χ0v) is 21.9.